The summed E-state index contributed by atoms with van der Waals surface area (Å²) < 4.78 is 0. The van der Waals surface area contributed by atoms with Crippen molar-refractivity contribution in [3.05, 3.63) is 35.4 Å². The number of carboxylic acids is 1. The molecular weight excluding hydrogens is 234 g/mol. The molecule has 1 rings (SSSR count). The molecule has 0 aliphatic heterocycles. The van der Waals surface area contributed by atoms with Crippen LogP contribution in [0.2, 0.25) is 0 Å². The number of rotatable bonds is 5. The lowest BCUT2D eigenvalue weighted by Gasteiger charge is -2.24. The molecule has 1 aromatic rings. The number of aliphatic hydroxyl groups excluding tert-OH is 1. The van der Waals surface area contributed by atoms with Crippen molar-refractivity contribution < 1.29 is 19.8 Å². The molecule has 0 atom stereocenters. The van der Waals surface area contributed by atoms with E-state index >= 15 is 0 Å². The van der Waals surface area contributed by atoms with Gasteiger partial charge in [-0.1, -0.05) is 12.1 Å². The van der Waals surface area contributed by atoms with Crippen LogP contribution in [0.4, 0.5) is 0 Å². The van der Waals surface area contributed by atoms with E-state index in [1.807, 2.05) is 0 Å². The summed E-state index contributed by atoms with van der Waals surface area (Å²) in [5.41, 5.74) is 1.13. The zero-order valence-electron chi connectivity index (χ0n) is 10.5. The van der Waals surface area contributed by atoms with E-state index < -0.39 is 5.97 Å². The van der Waals surface area contributed by atoms with Crippen LogP contribution in [0.5, 0.6) is 0 Å². The van der Waals surface area contributed by atoms with E-state index in [0.717, 1.165) is 0 Å². The number of carboxylic acid groups (broad SMARTS) is 1. The fraction of sp³-hybridized carbons (Fsp3) is 0.385. The Morgan fingerprint density at radius 2 is 1.78 bits per heavy atom. The van der Waals surface area contributed by atoms with Gasteiger partial charge in [-0.3, -0.25) is 9.59 Å². The molecule has 5 heteroatoms. The highest BCUT2D eigenvalue weighted by molar-refractivity contribution is 5.96. The second-order valence-electron chi connectivity index (χ2n) is 4.28. The molecule has 5 nitrogen and oxygen atoms in total. The SMILES string of the molecule is CC(C)N(CC(=O)O)C(=O)c1ccc(CO)cc1. The fourth-order valence-corrected chi connectivity index (χ4v) is 1.55. The zero-order valence-corrected chi connectivity index (χ0v) is 10.5. The van der Waals surface area contributed by atoms with Crippen molar-refractivity contribution in [1.29, 1.82) is 0 Å². The summed E-state index contributed by atoms with van der Waals surface area (Å²) in [6.45, 7) is 3.13. The highest BCUT2D eigenvalue weighted by atomic mass is 16.4. The lowest BCUT2D eigenvalue weighted by atomic mass is 10.1. The minimum Gasteiger partial charge on any atom is -0.480 e. The first kappa shape index (κ1) is 14.2. The van der Waals surface area contributed by atoms with Gasteiger partial charge in [-0.05, 0) is 31.5 Å². The average molecular weight is 251 g/mol. The van der Waals surface area contributed by atoms with Gasteiger partial charge in [0.25, 0.3) is 5.91 Å². The van der Waals surface area contributed by atoms with E-state index in [0.29, 0.717) is 11.1 Å². The minimum atomic E-state index is -1.04. The maximum atomic E-state index is 12.1. The summed E-state index contributed by atoms with van der Waals surface area (Å²) in [5, 5.41) is 17.7. The topological polar surface area (TPSA) is 77.8 Å². The van der Waals surface area contributed by atoms with Crippen molar-refractivity contribution in [2.45, 2.75) is 26.5 Å². The van der Waals surface area contributed by atoms with E-state index in [1.165, 1.54) is 4.90 Å². The highest BCUT2D eigenvalue weighted by Crippen LogP contribution is 2.10. The molecule has 0 radical (unpaired) electrons. The third-order valence-corrected chi connectivity index (χ3v) is 2.57. The molecule has 98 valence electrons. The van der Waals surface area contributed by atoms with Crippen molar-refractivity contribution in [2.24, 2.45) is 0 Å². The van der Waals surface area contributed by atoms with Crippen LogP contribution in [0.1, 0.15) is 29.8 Å². The molecule has 0 heterocycles. The van der Waals surface area contributed by atoms with E-state index in [2.05, 4.69) is 0 Å². The Morgan fingerprint density at radius 1 is 1.22 bits per heavy atom. The molecule has 0 saturated carbocycles. The number of nitrogens with zero attached hydrogens (tertiary/aromatic N) is 1. The first-order valence-corrected chi connectivity index (χ1v) is 5.68. The molecule has 0 aromatic heterocycles. The molecule has 0 spiro atoms. The Bertz CT molecular complexity index is 425. The summed E-state index contributed by atoms with van der Waals surface area (Å²) in [6, 6.07) is 6.28. The molecule has 0 aliphatic rings. The van der Waals surface area contributed by atoms with Gasteiger partial charge in [0.1, 0.15) is 6.54 Å². The van der Waals surface area contributed by atoms with Gasteiger partial charge < -0.3 is 15.1 Å². The first-order chi connectivity index (χ1) is 8.45. The highest BCUT2D eigenvalue weighted by Gasteiger charge is 2.20. The number of aliphatic carboxylic acids is 1. The molecule has 0 aliphatic carbocycles. The maximum Gasteiger partial charge on any atom is 0.323 e. The third-order valence-electron chi connectivity index (χ3n) is 2.57. The van der Waals surface area contributed by atoms with Crippen molar-refractivity contribution in [3.63, 3.8) is 0 Å². The van der Waals surface area contributed by atoms with E-state index in [4.69, 9.17) is 10.2 Å². The van der Waals surface area contributed by atoms with Gasteiger partial charge >= 0.3 is 5.97 Å². The zero-order chi connectivity index (χ0) is 13.7. The fourth-order valence-electron chi connectivity index (χ4n) is 1.55. The summed E-state index contributed by atoms with van der Waals surface area (Å²) >= 11 is 0. The van der Waals surface area contributed by atoms with Crippen LogP contribution in [0, 0.1) is 0 Å². The summed E-state index contributed by atoms with van der Waals surface area (Å²) in [4.78, 5) is 24.1. The van der Waals surface area contributed by atoms with E-state index in [1.54, 1.807) is 38.1 Å². The third kappa shape index (κ3) is 3.56. The molecule has 18 heavy (non-hydrogen) atoms. The number of amides is 1. The maximum absolute atomic E-state index is 12.1. The lowest BCUT2D eigenvalue weighted by molar-refractivity contribution is -0.138. The predicted octanol–water partition coefficient (Wildman–Crippen LogP) is 1.11. The Balaban J connectivity index is 2.90. The molecular formula is C13H17NO4. The second-order valence-corrected chi connectivity index (χ2v) is 4.28. The van der Waals surface area contributed by atoms with Gasteiger partial charge in [-0.25, -0.2) is 0 Å². The van der Waals surface area contributed by atoms with Crippen molar-refractivity contribution in [3.8, 4) is 0 Å². The molecule has 0 unspecified atom stereocenters. The summed E-state index contributed by atoms with van der Waals surface area (Å²) in [6.07, 6.45) is 0. The lowest BCUT2D eigenvalue weighted by Crippen LogP contribution is -2.40. The van der Waals surface area contributed by atoms with Gasteiger partial charge in [0.05, 0.1) is 6.61 Å². The average Bonchev–Trinajstić information content (AvgIpc) is 2.34. The molecule has 1 aromatic carbocycles. The molecule has 0 saturated heterocycles. The van der Waals surface area contributed by atoms with Gasteiger partial charge in [-0.15, -0.1) is 0 Å². The molecule has 1 amide bonds. The van der Waals surface area contributed by atoms with Crippen molar-refractivity contribution in [1.82, 2.24) is 4.90 Å². The number of carbonyl (C=O) groups excluding carboxylic acids is 1. The Labute approximate surface area is 106 Å². The van der Waals surface area contributed by atoms with Crippen LogP contribution in [0.15, 0.2) is 24.3 Å². The Morgan fingerprint density at radius 3 is 2.17 bits per heavy atom. The second kappa shape index (κ2) is 6.16. The Kier molecular flexibility index (Phi) is 4.85. The van der Waals surface area contributed by atoms with Gasteiger partial charge in [-0.2, -0.15) is 0 Å². The van der Waals surface area contributed by atoms with E-state index in [9.17, 15) is 9.59 Å². The number of benzene rings is 1. The number of hydrogen-bond donors (Lipinski definition) is 2. The van der Waals surface area contributed by atoms with Crippen molar-refractivity contribution in [2.75, 3.05) is 6.54 Å². The normalized spacial score (nSPS) is 10.4. The first-order valence-electron chi connectivity index (χ1n) is 5.68. The minimum absolute atomic E-state index is 0.0858. The van der Waals surface area contributed by atoms with Gasteiger partial charge in [0.15, 0.2) is 0 Å². The largest absolute Gasteiger partial charge is 0.480 e. The Hall–Kier alpha value is -1.88. The quantitative estimate of drug-likeness (QED) is 0.822. The molecule has 0 fully saturated rings. The van der Waals surface area contributed by atoms with Crippen LogP contribution in [0.3, 0.4) is 0 Å². The molecule has 2 N–H and O–H groups in total. The van der Waals surface area contributed by atoms with Crippen LogP contribution >= 0.6 is 0 Å². The van der Waals surface area contributed by atoms with Gasteiger partial charge in [0.2, 0.25) is 0 Å². The molecule has 0 bridgehead atoms. The number of carbonyl (C=O) groups is 2. The number of hydrogen-bond acceptors (Lipinski definition) is 3. The standard InChI is InChI=1S/C13H17NO4/c1-9(2)14(7-12(16)17)13(18)11-5-3-10(8-15)4-6-11/h3-6,9,15H,7-8H2,1-2H3,(H,16,17). The summed E-state index contributed by atoms with van der Waals surface area (Å²) in [7, 11) is 0. The van der Waals surface area contributed by atoms with Crippen LogP contribution < -0.4 is 0 Å². The smallest absolute Gasteiger partial charge is 0.323 e. The van der Waals surface area contributed by atoms with Crippen molar-refractivity contribution >= 4 is 11.9 Å². The van der Waals surface area contributed by atoms with Gasteiger partial charge in [0, 0.05) is 11.6 Å². The van der Waals surface area contributed by atoms with E-state index in [-0.39, 0.29) is 25.1 Å². The van der Waals surface area contributed by atoms with Crippen LogP contribution in [0.25, 0.3) is 0 Å². The summed E-state index contributed by atoms with van der Waals surface area (Å²) in [5.74, 6) is -1.36. The predicted molar refractivity (Wildman–Crippen MR) is 66.2 cm³/mol. The monoisotopic (exact) mass is 251 g/mol. The van der Waals surface area contributed by atoms with Crippen LogP contribution in [-0.4, -0.2) is 39.6 Å². The van der Waals surface area contributed by atoms with Crippen LogP contribution in [-0.2, 0) is 11.4 Å². The number of aliphatic hydroxyl groups is 1.